The lowest BCUT2D eigenvalue weighted by molar-refractivity contribution is 0.121. The topological polar surface area (TPSA) is 67.7 Å². The van der Waals surface area contributed by atoms with Crippen molar-refractivity contribution < 1.29 is 13.2 Å². The van der Waals surface area contributed by atoms with E-state index in [2.05, 4.69) is 14.5 Å². The summed E-state index contributed by atoms with van der Waals surface area (Å²) >= 11 is 0. The third kappa shape index (κ3) is 3.88. The van der Waals surface area contributed by atoms with Crippen LogP contribution in [-0.2, 0) is 16.6 Å². The van der Waals surface area contributed by atoms with Crippen molar-refractivity contribution in [2.24, 2.45) is 5.92 Å². The van der Waals surface area contributed by atoms with Crippen LogP contribution in [0, 0.1) is 5.92 Å². The van der Waals surface area contributed by atoms with Crippen molar-refractivity contribution in [3.63, 3.8) is 0 Å². The van der Waals surface area contributed by atoms with Crippen LogP contribution in [-0.4, -0.2) is 66.2 Å². The van der Waals surface area contributed by atoms with Gasteiger partial charge in [-0.15, -0.1) is 0 Å². The predicted molar refractivity (Wildman–Crippen MR) is 103 cm³/mol. The summed E-state index contributed by atoms with van der Waals surface area (Å²) in [5.74, 6) is 2.19. The second kappa shape index (κ2) is 7.26. The number of ether oxygens (including phenoxy) is 1. The number of sulfonamides is 1. The summed E-state index contributed by atoms with van der Waals surface area (Å²) in [6.07, 6.45) is 7.24. The van der Waals surface area contributed by atoms with Gasteiger partial charge >= 0.3 is 0 Å². The maximum Gasteiger partial charge on any atom is 0.211 e. The molecule has 0 radical (unpaired) electrons. The van der Waals surface area contributed by atoms with Crippen LogP contribution in [0.5, 0.6) is 5.75 Å². The fourth-order valence-corrected chi connectivity index (χ4v) is 5.14. The lowest BCUT2D eigenvalue weighted by Crippen LogP contribution is -2.44. The van der Waals surface area contributed by atoms with E-state index in [1.54, 1.807) is 11.4 Å². The van der Waals surface area contributed by atoms with E-state index in [-0.39, 0.29) is 6.04 Å². The molecule has 3 fully saturated rings. The molecular formula is C19H26N4O3S. The average molecular weight is 391 g/mol. The standard InChI is InChI=1S/C19H26N4O3S/c1-26-18-7-5-16(6-8-18)23-10-9-20-19(23)14-21-11-15-3-4-17(21)13-22(12-15)27(2,24)25/h5-10,15,17H,3-4,11-14H2,1-2H3/t15-,17-/m1/s1. The van der Waals surface area contributed by atoms with Crippen molar-refractivity contribution in [1.29, 1.82) is 0 Å². The molecule has 8 heteroatoms. The minimum atomic E-state index is -3.14. The fourth-order valence-electron chi connectivity index (χ4n) is 4.21. The normalized spacial score (nSPS) is 24.1. The van der Waals surface area contributed by atoms with Gasteiger partial charge in [0.05, 0.1) is 19.9 Å². The first-order chi connectivity index (χ1) is 12.9. The van der Waals surface area contributed by atoms with E-state index in [1.165, 1.54) is 6.26 Å². The SMILES string of the molecule is COc1ccc(-n2ccnc2CN2C[C@H]3CC[C@@H]2CN(S(C)(=O)=O)C3)cc1. The van der Waals surface area contributed by atoms with Crippen molar-refractivity contribution >= 4 is 10.0 Å². The minimum Gasteiger partial charge on any atom is -0.497 e. The largest absolute Gasteiger partial charge is 0.497 e. The summed E-state index contributed by atoms with van der Waals surface area (Å²) in [5, 5.41) is 0. The van der Waals surface area contributed by atoms with E-state index in [9.17, 15) is 8.42 Å². The molecule has 146 valence electrons. The lowest BCUT2D eigenvalue weighted by Gasteiger charge is -2.35. The van der Waals surface area contributed by atoms with Crippen LogP contribution in [0.3, 0.4) is 0 Å². The van der Waals surface area contributed by atoms with Crippen LogP contribution in [0.2, 0.25) is 0 Å². The zero-order valence-corrected chi connectivity index (χ0v) is 16.6. The van der Waals surface area contributed by atoms with Crippen LogP contribution >= 0.6 is 0 Å². The highest BCUT2D eigenvalue weighted by atomic mass is 32.2. The number of imidazole rings is 1. The van der Waals surface area contributed by atoms with Crippen LogP contribution in [0.1, 0.15) is 18.7 Å². The monoisotopic (exact) mass is 390 g/mol. The summed E-state index contributed by atoms with van der Waals surface area (Å²) in [7, 11) is -1.49. The van der Waals surface area contributed by atoms with Gasteiger partial charge in [-0.1, -0.05) is 0 Å². The summed E-state index contributed by atoms with van der Waals surface area (Å²) in [6.45, 7) is 2.86. The van der Waals surface area contributed by atoms with Crippen molar-refractivity contribution in [2.75, 3.05) is 33.0 Å². The second-order valence-electron chi connectivity index (χ2n) is 7.52. The number of hydrogen-bond donors (Lipinski definition) is 0. The van der Waals surface area contributed by atoms with Gasteiger partial charge in [0.1, 0.15) is 11.6 Å². The first-order valence-electron chi connectivity index (χ1n) is 9.30. The number of fused-ring (bicyclic) bond motifs is 4. The van der Waals surface area contributed by atoms with Gasteiger partial charge in [-0.05, 0) is 43.0 Å². The Morgan fingerprint density at radius 2 is 1.93 bits per heavy atom. The summed E-state index contributed by atoms with van der Waals surface area (Å²) < 4.78 is 33.1. The third-order valence-electron chi connectivity index (χ3n) is 5.67. The predicted octanol–water partition coefficient (Wildman–Crippen LogP) is 1.74. The Balaban J connectivity index is 1.54. The highest BCUT2D eigenvalue weighted by Gasteiger charge is 2.38. The molecule has 7 nitrogen and oxygen atoms in total. The molecule has 3 saturated heterocycles. The van der Waals surface area contributed by atoms with Gasteiger partial charge < -0.3 is 9.30 Å². The van der Waals surface area contributed by atoms with E-state index in [0.29, 0.717) is 19.0 Å². The first kappa shape index (κ1) is 18.5. The second-order valence-corrected chi connectivity index (χ2v) is 9.50. The Labute approximate surface area is 160 Å². The van der Waals surface area contributed by atoms with E-state index in [4.69, 9.17) is 4.74 Å². The molecule has 3 aliphatic rings. The molecule has 2 aromatic rings. The number of nitrogens with zero attached hydrogens (tertiary/aromatic N) is 4. The Morgan fingerprint density at radius 1 is 1.15 bits per heavy atom. The van der Waals surface area contributed by atoms with E-state index in [1.807, 2.05) is 36.7 Å². The summed E-state index contributed by atoms with van der Waals surface area (Å²) in [5.41, 5.74) is 1.04. The lowest BCUT2D eigenvalue weighted by atomic mass is 9.95. The molecule has 0 aliphatic carbocycles. The van der Waals surface area contributed by atoms with Crippen LogP contribution in [0.25, 0.3) is 5.69 Å². The molecule has 2 bridgehead atoms. The number of rotatable bonds is 5. The molecular weight excluding hydrogens is 364 g/mol. The van der Waals surface area contributed by atoms with Crippen LogP contribution in [0.4, 0.5) is 0 Å². The summed E-state index contributed by atoms with van der Waals surface area (Å²) in [6, 6.07) is 8.17. The van der Waals surface area contributed by atoms with Crippen LogP contribution in [0.15, 0.2) is 36.7 Å². The molecule has 0 saturated carbocycles. The van der Waals surface area contributed by atoms with Gasteiger partial charge in [-0.2, -0.15) is 0 Å². The molecule has 0 amide bonds. The highest BCUT2D eigenvalue weighted by Crippen LogP contribution is 2.30. The Hall–Kier alpha value is -1.90. The number of benzene rings is 1. The molecule has 0 unspecified atom stereocenters. The maximum absolute atomic E-state index is 12.1. The molecule has 5 rings (SSSR count). The Kier molecular flexibility index (Phi) is 4.96. The molecule has 4 heterocycles. The van der Waals surface area contributed by atoms with E-state index in [0.717, 1.165) is 43.2 Å². The summed E-state index contributed by atoms with van der Waals surface area (Å²) in [4.78, 5) is 6.97. The van der Waals surface area contributed by atoms with Gasteiger partial charge in [0, 0.05) is 43.8 Å². The smallest absolute Gasteiger partial charge is 0.211 e. The van der Waals surface area contributed by atoms with Crippen molar-refractivity contribution in [3.8, 4) is 11.4 Å². The van der Waals surface area contributed by atoms with E-state index < -0.39 is 10.0 Å². The van der Waals surface area contributed by atoms with Crippen LogP contribution < -0.4 is 4.74 Å². The zero-order valence-electron chi connectivity index (χ0n) is 15.8. The molecule has 1 aromatic carbocycles. The first-order valence-corrected chi connectivity index (χ1v) is 11.1. The number of piperidine rings is 1. The average Bonchev–Trinajstić information content (AvgIpc) is 2.89. The third-order valence-corrected chi connectivity index (χ3v) is 6.91. The number of hydrogen-bond acceptors (Lipinski definition) is 5. The molecule has 0 spiro atoms. The molecule has 0 N–H and O–H groups in total. The molecule has 1 aromatic heterocycles. The number of methoxy groups -OCH3 is 1. The molecule has 3 aliphatic heterocycles. The zero-order chi connectivity index (χ0) is 19.0. The van der Waals surface area contributed by atoms with Crippen molar-refractivity contribution in [2.45, 2.75) is 25.4 Å². The molecule has 2 atom stereocenters. The maximum atomic E-state index is 12.1. The molecule has 27 heavy (non-hydrogen) atoms. The quantitative estimate of drug-likeness (QED) is 0.778. The van der Waals surface area contributed by atoms with Gasteiger partial charge in [0.2, 0.25) is 10.0 Å². The van der Waals surface area contributed by atoms with Gasteiger partial charge in [0.25, 0.3) is 0 Å². The fraction of sp³-hybridized carbons (Fsp3) is 0.526. The van der Waals surface area contributed by atoms with E-state index >= 15 is 0 Å². The van der Waals surface area contributed by atoms with Crippen molar-refractivity contribution in [3.05, 3.63) is 42.5 Å². The van der Waals surface area contributed by atoms with Gasteiger partial charge in [-0.3, -0.25) is 4.90 Å². The van der Waals surface area contributed by atoms with Gasteiger partial charge in [0.15, 0.2) is 0 Å². The Bertz CT molecular complexity index is 894. The highest BCUT2D eigenvalue weighted by molar-refractivity contribution is 7.88. The number of aromatic nitrogens is 2. The Morgan fingerprint density at radius 3 is 2.63 bits per heavy atom. The van der Waals surface area contributed by atoms with Crippen molar-refractivity contribution in [1.82, 2.24) is 18.8 Å². The van der Waals surface area contributed by atoms with Gasteiger partial charge in [-0.25, -0.2) is 17.7 Å². The minimum absolute atomic E-state index is 0.250.